The smallest absolute Gasteiger partial charge is 0.408 e. The molecule has 3 atom stereocenters. The molecule has 0 radical (unpaired) electrons. The monoisotopic (exact) mass is 714 g/mol. The summed E-state index contributed by atoms with van der Waals surface area (Å²) in [5.74, 6) is -0.745. The van der Waals surface area contributed by atoms with Crippen molar-refractivity contribution in [3.05, 3.63) is 45.9 Å². The number of hydrogen-bond acceptors (Lipinski definition) is 11. The van der Waals surface area contributed by atoms with Crippen molar-refractivity contribution in [3.63, 3.8) is 0 Å². The molecule has 274 valence electrons. The quantitative estimate of drug-likeness (QED) is 0.146. The molecule has 3 amide bonds. The molecule has 2 N–H and O–H groups in total. The Morgan fingerprint density at radius 3 is 2.48 bits per heavy atom. The maximum atomic E-state index is 14.3. The van der Waals surface area contributed by atoms with Crippen LogP contribution in [0.4, 0.5) is 4.79 Å². The number of carbonyl (C=O) groups is 5. The number of carbonyl (C=O) groups excluding carboxylic acids is 5. The molecule has 1 aromatic heterocycles. The van der Waals surface area contributed by atoms with E-state index in [1.807, 2.05) is 0 Å². The number of nitrogens with zero attached hydrogens (tertiary/aromatic N) is 2. The minimum atomic E-state index is -0.902. The van der Waals surface area contributed by atoms with E-state index in [1.165, 1.54) is 18.4 Å². The molecule has 14 heteroatoms. The molecule has 0 bridgehead atoms. The molecule has 2 fully saturated rings. The van der Waals surface area contributed by atoms with Gasteiger partial charge in [0.2, 0.25) is 17.6 Å². The lowest BCUT2D eigenvalue weighted by Gasteiger charge is -2.35. The number of rotatable bonds is 15. The van der Waals surface area contributed by atoms with Crippen LogP contribution in [-0.4, -0.2) is 90.7 Å². The number of esters is 1. The number of nitrogens with one attached hydrogen (secondary N) is 2. The number of amides is 3. The van der Waals surface area contributed by atoms with Gasteiger partial charge < -0.3 is 34.5 Å². The predicted octanol–water partition coefficient (Wildman–Crippen LogP) is 4.97. The van der Waals surface area contributed by atoms with Crippen molar-refractivity contribution in [2.75, 3.05) is 33.5 Å². The summed E-state index contributed by atoms with van der Waals surface area (Å²) >= 11 is 1.34. The van der Waals surface area contributed by atoms with Crippen LogP contribution in [0.15, 0.2) is 29.6 Å². The van der Waals surface area contributed by atoms with Crippen LogP contribution in [0, 0.1) is 5.92 Å². The molecular weight excluding hydrogens is 664 g/mol. The van der Waals surface area contributed by atoms with Crippen molar-refractivity contribution < 1.29 is 42.9 Å². The minimum Gasteiger partial charge on any atom is -0.491 e. The molecular formula is C36H50N4O9S. The molecule has 1 aliphatic heterocycles. The van der Waals surface area contributed by atoms with Gasteiger partial charge >= 0.3 is 12.1 Å². The van der Waals surface area contributed by atoms with E-state index in [-0.39, 0.29) is 61.6 Å². The first-order valence-corrected chi connectivity index (χ1v) is 18.2. The minimum absolute atomic E-state index is 0.0236. The Labute approximate surface area is 297 Å². The second-order valence-electron chi connectivity index (χ2n) is 13.7. The van der Waals surface area contributed by atoms with E-state index in [2.05, 4.69) is 15.4 Å². The van der Waals surface area contributed by atoms with Crippen LogP contribution in [0.1, 0.15) is 106 Å². The number of methoxy groups -OCH3 is 1. The third kappa shape index (κ3) is 11.2. The Bertz CT molecular complexity index is 1480. The van der Waals surface area contributed by atoms with Crippen LogP contribution in [0.3, 0.4) is 0 Å². The molecule has 2 aromatic rings. The Kier molecular flexibility index (Phi) is 14.2. The van der Waals surface area contributed by atoms with Crippen LogP contribution in [0.25, 0.3) is 0 Å². The summed E-state index contributed by atoms with van der Waals surface area (Å²) in [6.07, 6.45) is 5.62. The molecule has 4 rings (SSSR count). The highest BCUT2D eigenvalue weighted by molar-refractivity contribution is 7.10. The molecule has 2 aliphatic rings. The number of likely N-dealkylation sites (tertiary alicyclic amines) is 1. The van der Waals surface area contributed by atoms with Crippen molar-refractivity contribution in [2.45, 2.75) is 103 Å². The van der Waals surface area contributed by atoms with Gasteiger partial charge in [-0.05, 0) is 71.4 Å². The first-order chi connectivity index (χ1) is 23.9. The van der Waals surface area contributed by atoms with Crippen molar-refractivity contribution in [2.24, 2.45) is 5.92 Å². The first-order valence-electron chi connectivity index (χ1n) is 17.3. The Morgan fingerprint density at radius 2 is 1.76 bits per heavy atom. The van der Waals surface area contributed by atoms with Crippen molar-refractivity contribution >= 4 is 41.0 Å². The van der Waals surface area contributed by atoms with Gasteiger partial charge in [-0.15, -0.1) is 11.3 Å². The molecule has 2 heterocycles. The third-order valence-corrected chi connectivity index (χ3v) is 9.60. The van der Waals surface area contributed by atoms with Gasteiger partial charge in [-0.25, -0.2) is 9.78 Å². The molecule has 0 spiro atoms. The Balaban J connectivity index is 1.40. The van der Waals surface area contributed by atoms with Crippen molar-refractivity contribution in [1.29, 1.82) is 0 Å². The van der Waals surface area contributed by atoms with Crippen molar-refractivity contribution in [3.8, 4) is 5.75 Å². The summed E-state index contributed by atoms with van der Waals surface area (Å²) in [7, 11) is 1.33. The standard InChI is InChI=1S/C36H50N4O9S/c1-23(37-35(45)49-36(2,3)4)32(43)39-30(24-11-7-6-8-12-24)34(44)40-17-10-15-28(40)33-38-27(22-50-33)31(42)25-13-9-14-26(21-25)48-20-19-47-18-16-29(41)46-5/h9,13-14,21-24,28,30H,6-8,10-12,15-20H2,1-5H3,(H,37,45)(H,39,43)/t23-,28-,30-/m0/s1. The van der Waals surface area contributed by atoms with E-state index < -0.39 is 29.7 Å². The van der Waals surface area contributed by atoms with Crippen LogP contribution in [-0.2, 0) is 28.6 Å². The van der Waals surface area contributed by atoms with Gasteiger partial charge in [-0.3, -0.25) is 19.2 Å². The number of aromatic nitrogens is 1. The lowest BCUT2D eigenvalue weighted by atomic mass is 9.83. The second kappa shape index (κ2) is 18.3. The summed E-state index contributed by atoms with van der Waals surface area (Å²) in [5, 5.41) is 7.93. The van der Waals surface area contributed by atoms with Crippen LogP contribution < -0.4 is 15.4 Å². The van der Waals surface area contributed by atoms with Crippen LogP contribution in [0.5, 0.6) is 5.75 Å². The van der Waals surface area contributed by atoms with Crippen LogP contribution in [0.2, 0.25) is 0 Å². The van der Waals surface area contributed by atoms with Crippen LogP contribution >= 0.6 is 11.3 Å². The zero-order chi connectivity index (χ0) is 36.3. The molecule has 1 saturated heterocycles. The zero-order valence-corrected chi connectivity index (χ0v) is 30.5. The topological polar surface area (TPSA) is 162 Å². The largest absolute Gasteiger partial charge is 0.491 e. The molecule has 13 nitrogen and oxygen atoms in total. The fourth-order valence-electron chi connectivity index (χ4n) is 6.14. The van der Waals surface area contributed by atoms with E-state index >= 15 is 0 Å². The van der Waals surface area contributed by atoms with E-state index in [9.17, 15) is 24.0 Å². The molecule has 0 unspecified atom stereocenters. The van der Waals surface area contributed by atoms with E-state index in [0.717, 1.165) is 38.5 Å². The van der Waals surface area contributed by atoms with Gasteiger partial charge in [0.1, 0.15) is 40.7 Å². The second-order valence-corrected chi connectivity index (χ2v) is 14.5. The van der Waals surface area contributed by atoms with E-state index in [1.54, 1.807) is 62.2 Å². The van der Waals surface area contributed by atoms with E-state index in [4.69, 9.17) is 19.2 Å². The van der Waals surface area contributed by atoms with Gasteiger partial charge in [-0.1, -0.05) is 31.4 Å². The molecule has 1 aromatic carbocycles. The number of alkyl carbamates (subject to hydrolysis) is 1. The van der Waals surface area contributed by atoms with Gasteiger partial charge in [0.15, 0.2) is 0 Å². The first kappa shape index (κ1) is 38.8. The highest BCUT2D eigenvalue weighted by Gasteiger charge is 2.40. The fraction of sp³-hybridized carbons (Fsp3) is 0.611. The van der Waals surface area contributed by atoms with Gasteiger partial charge in [0, 0.05) is 17.5 Å². The number of thiazole rings is 1. The maximum absolute atomic E-state index is 14.3. The Hall–Kier alpha value is -4.04. The molecule has 1 aliphatic carbocycles. The maximum Gasteiger partial charge on any atom is 0.408 e. The lowest BCUT2D eigenvalue weighted by Crippen LogP contribution is -2.56. The van der Waals surface area contributed by atoms with Gasteiger partial charge in [0.25, 0.3) is 0 Å². The summed E-state index contributed by atoms with van der Waals surface area (Å²) < 4.78 is 21.0. The fourth-order valence-corrected chi connectivity index (χ4v) is 7.09. The third-order valence-electron chi connectivity index (χ3n) is 8.66. The zero-order valence-electron chi connectivity index (χ0n) is 29.7. The normalized spacial score (nSPS) is 17.8. The highest BCUT2D eigenvalue weighted by atomic mass is 32.1. The van der Waals surface area contributed by atoms with Crippen molar-refractivity contribution in [1.82, 2.24) is 20.5 Å². The van der Waals surface area contributed by atoms with Gasteiger partial charge in [0.05, 0.1) is 32.8 Å². The Morgan fingerprint density at radius 1 is 1.00 bits per heavy atom. The van der Waals surface area contributed by atoms with E-state index in [0.29, 0.717) is 29.3 Å². The number of hydrogen-bond donors (Lipinski definition) is 2. The molecule has 50 heavy (non-hydrogen) atoms. The predicted molar refractivity (Wildman–Crippen MR) is 186 cm³/mol. The van der Waals surface area contributed by atoms with Gasteiger partial charge in [-0.2, -0.15) is 0 Å². The number of benzene rings is 1. The molecule has 1 saturated carbocycles. The summed E-state index contributed by atoms with van der Waals surface area (Å²) in [6.45, 7) is 8.06. The highest BCUT2D eigenvalue weighted by Crippen LogP contribution is 2.36. The lowest BCUT2D eigenvalue weighted by molar-refractivity contribution is -0.142. The average Bonchev–Trinajstić information content (AvgIpc) is 3.78. The average molecular weight is 715 g/mol. The number of ketones is 1. The number of ether oxygens (including phenoxy) is 4. The summed E-state index contributed by atoms with van der Waals surface area (Å²) in [5.41, 5.74) is -0.0127. The SMILES string of the molecule is COC(=O)CCOCCOc1cccc(C(=O)c2csc([C@@H]3CCCN3C(=O)[C@@H](NC(=O)[C@H](C)NC(=O)OC(C)(C)C)C3CCCCC3)n2)c1. The summed E-state index contributed by atoms with van der Waals surface area (Å²) in [4.78, 5) is 71.0. The summed E-state index contributed by atoms with van der Waals surface area (Å²) in [6, 6.07) is 4.86.